The van der Waals surface area contributed by atoms with Crippen molar-refractivity contribution < 1.29 is 14.3 Å². The van der Waals surface area contributed by atoms with E-state index in [9.17, 15) is 9.59 Å². The van der Waals surface area contributed by atoms with E-state index in [-0.39, 0.29) is 5.91 Å². The third kappa shape index (κ3) is 4.39. The lowest BCUT2D eigenvalue weighted by molar-refractivity contribution is -0.118. The molecule has 142 valence electrons. The monoisotopic (exact) mass is 367 g/mol. The summed E-state index contributed by atoms with van der Waals surface area (Å²) in [6.07, 6.45) is 0.576. The molecule has 3 amide bonds. The highest BCUT2D eigenvalue weighted by Crippen LogP contribution is 2.25. The molecule has 2 aromatic rings. The number of hydrogen-bond donors (Lipinski definition) is 2. The number of para-hydroxylation sites is 2. The lowest BCUT2D eigenvalue weighted by atomic mass is 10.1. The second-order valence-electron chi connectivity index (χ2n) is 6.70. The van der Waals surface area contributed by atoms with E-state index in [1.165, 1.54) is 0 Å². The minimum atomic E-state index is -0.537. The van der Waals surface area contributed by atoms with Gasteiger partial charge in [0.2, 0.25) is 5.91 Å². The first-order chi connectivity index (χ1) is 13.0. The molecule has 0 spiro atoms. The Hall–Kier alpha value is -3.02. The lowest BCUT2D eigenvalue weighted by Crippen LogP contribution is -2.43. The molecule has 27 heavy (non-hydrogen) atoms. The van der Waals surface area contributed by atoms with Crippen molar-refractivity contribution in [1.82, 2.24) is 5.32 Å². The van der Waals surface area contributed by atoms with E-state index in [4.69, 9.17) is 4.74 Å². The first kappa shape index (κ1) is 18.8. The minimum Gasteiger partial charge on any atom is -0.492 e. The second-order valence-corrected chi connectivity index (χ2v) is 6.70. The van der Waals surface area contributed by atoms with Gasteiger partial charge in [-0.25, -0.2) is 4.79 Å². The normalized spacial score (nSPS) is 16.3. The second kappa shape index (κ2) is 8.12. The molecule has 2 N–H and O–H groups in total. The molecule has 1 fully saturated rings. The Morgan fingerprint density at radius 1 is 1.19 bits per heavy atom. The first-order valence-corrected chi connectivity index (χ1v) is 9.17. The van der Waals surface area contributed by atoms with Crippen molar-refractivity contribution in [3.05, 3.63) is 53.6 Å². The van der Waals surface area contributed by atoms with E-state index >= 15 is 0 Å². The van der Waals surface area contributed by atoms with Crippen molar-refractivity contribution in [3.8, 4) is 5.75 Å². The van der Waals surface area contributed by atoms with Crippen LogP contribution in [0.25, 0.3) is 0 Å². The maximum absolute atomic E-state index is 12.7. The minimum absolute atomic E-state index is 0.0896. The zero-order valence-electron chi connectivity index (χ0n) is 15.9. The van der Waals surface area contributed by atoms with E-state index in [0.717, 1.165) is 16.8 Å². The fraction of sp³-hybridized carbons (Fsp3) is 0.333. The van der Waals surface area contributed by atoms with E-state index < -0.39 is 12.1 Å². The van der Waals surface area contributed by atoms with Crippen LogP contribution in [-0.2, 0) is 4.79 Å². The molecule has 3 rings (SSSR count). The summed E-state index contributed by atoms with van der Waals surface area (Å²) in [7, 11) is 0. The number of nitrogens with one attached hydrogen (secondary N) is 2. The summed E-state index contributed by atoms with van der Waals surface area (Å²) in [6.45, 7) is 7.00. The number of ether oxygens (including phenoxy) is 1. The van der Waals surface area contributed by atoms with Crippen molar-refractivity contribution in [3.63, 3.8) is 0 Å². The highest BCUT2D eigenvalue weighted by Gasteiger charge is 2.33. The molecule has 1 atom stereocenters. The number of carbonyl (C=O) groups excluding carboxylic acids is 2. The van der Waals surface area contributed by atoms with Gasteiger partial charge in [-0.1, -0.05) is 18.2 Å². The van der Waals surface area contributed by atoms with Crippen molar-refractivity contribution in [2.75, 3.05) is 23.4 Å². The molecular formula is C21H25N3O3. The lowest BCUT2D eigenvalue weighted by Gasteiger charge is -2.19. The van der Waals surface area contributed by atoms with Crippen LogP contribution in [0.5, 0.6) is 5.75 Å². The number of nitrogens with zero attached hydrogens (tertiary/aromatic N) is 1. The summed E-state index contributed by atoms with van der Waals surface area (Å²) in [6, 6.07) is 12.3. The zero-order chi connectivity index (χ0) is 19.4. The van der Waals surface area contributed by atoms with E-state index in [2.05, 4.69) is 16.7 Å². The molecule has 0 unspecified atom stereocenters. The van der Waals surface area contributed by atoms with Gasteiger partial charge < -0.3 is 20.3 Å². The van der Waals surface area contributed by atoms with Crippen LogP contribution in [0, 0.1) is 13.8 Å². The van der Waals surface area contributed by atoms with Crippen LogP contribution in [-0.4, -0.2) is 31.1 Å². The van der Waals surface area contributed by atoms with Gasteiger partial charge >= 0.3 is 6.03 Å². The first-order valence-electron chi connectivity index (χ1n) is 9.17. The Bertz CT molecular complexity index is 830. The molecule has 1 aliphatic rings. The number of urea groups is 1. The molecule has 0 saturated carbocycles. The number of aryl methyl sites for hydroxylation is 2. The summed E-state index contributed by atoms with van der Waals surface area (Å²) in [5.41, 5.74) is 3.68. The number of rotatable bonds is 5. The molecule has 6 heteroatoms. The van der Waals surface area contributed by atoms with E-state index in [1.54, 1.807) is 17.0 Å². The Labute approximate surface area is 159 Å². The quantitative estimate of drug-likeness (QED) is 0.848. The van der Waals surface area contributed by atoms with Gasteiger partial charge in [-0.05, 0) is 62.6 Å². The largest absolute Gasteiger partial charge is 0.492 e. The van der Waals surface area contributed by atoms with Gasteiger partial charge in [0, 0.05) is 12.2 Å². The molecule has 1 aliphatic heterocycles. The smallest absolute Gasteiger partial charge is 0.319 e. The Balaban J connectivity index is 1.65. The number of hydrogen-bond acceptors (Lipinski definition) is 3. The number of anilines is 2. The van der Waals surface area contributed by atoms with Gasteiger partial charge in [0.1, 0.15) is 11.8 Å². The van der Waals surface area contributed by atoms with Crippen LogP contribution in [0.15, 0.2) is 42.5 Å². The van der Waals surface area contributed by atoms with E-state index in [0.29, 0.717) is 31.0 Å². The average molecular weight is 367 g/mol. The van der Waals surface area contributed by atoms with Crippen LogP contribution < -0.4 is 20.3 Å². The van der Waals surface area contributed by atoms with Crippen LogP contribution in [0.4, 0.5) is 16.2 Å². The topological polar surface area (TPSA) is 70.7 Å². The maximum atomic E-state index is 12.7. The Morgan fingerprint density at radius 2 is 1.89 bits per heavy atom. The highest BCUT2D eigenvalue weighted by atomic mass is 16.5. The fourth-order valence-electron chi connectivity index (χ4n) is 3.34. The van der Waals surface area contributed by atoms with Gasteiger partial charge in [0.05, 0.1) is 12.3 Å². The Kier molecular flexibility index (Phi) is 5.64. The summed E-state index contributed by atoms with van der Waals surface area (Å²) in [5.74, 6) is 0.512. The molecule has 0 bridgehead atoms. The van der Waals surface area contributed by atoms with Crippen LogP contribution in [0.3, 0.4) is 0 Å². The van der Waals surface area contributed by atoms with Crippen LogP contribution in [0.2, 0.25) is 0 Å². The molecule has 1 saturated heterocycles. The van der Waals surface area contributed by atoms with Crippen molar-refractivity contribution >= 4 is 23.3 Å². The third-order valence-corrected chi connectivity index (χ3v) is 4.46. The summed E-state index contributed by atoms with van der Waals surface area (Å²) in [5, 5.41) is 5.55. The van der Waals surface area contributed by atoms with Crippen molar-refractivity contribution in [1.29, 1.82) is 0 Å². The number of amides is 3. The van der Waals surface area contributed by atoms with Crippen molar-refractivity contribution in [2.24, 2.45) is 0 Å². The molecular weight excluding hydrogens is 342 g/mol. The third-order valence-electron chi connectivity index (χ3n) is 4.46. The van der Waals surface area contributed by atoms with Gasteiger partial charge in [0.25, 0.3) is 0 Å². The molecule has 6 nitrogen and oxygen atoms in total. The van der Waals surface area contributed by atoms with Gasteiger partial charge in [0.15, 0.2) is 0 Å². The maximum Gasteiger partial charge on any atom is 0.319 e. The summed E-state index contributed by atoms with van der Waals surface area (Å²) >= 11 is 0. The number of carbonyl (C=O) groups is 2. The Morgan fingerprint density at radius 3 is 2.59 bits per heavy atom. The number of benzene rings is 2. The highest BCUT2D eigenvalue weighted by molar-refractivity contribution is 6.02. The predicted molar refractivity (Wildman–Crippen MR) is 106 cm³/mol. The molecule has 0 aliphatic carbocycles. The van der Waals surface area contributed by atoms with Gasteiger partial charge in [-0.3, -0.25) is 4.79 Å². The SMILES string of the molecule is CCOc1ccccc1NC(=O)N[C@@H]1CCN(c2cc(C)cc(C)c2)C1=O. The fourth-order valence-corrected chi connectivity index (χ4v) is 3.34. The van der Waals surface area contributed by atoms with Gasteiger partial charge in [-0.15, -0.1) is 0 Å². The molecule has 0 radical (unpaired) electrons. The standard InChI is InChI=1S/C21H25N3O3/c1-4-27-19-8-6-5-7-17(19)22-21(26)23-18-9-10-24(20(18)25)16-12-14(2)11-15(3)13-16/h5-8,11-13,18H,4,9-10H2,1-3H3,(H2,22,23,26)/t18-/m1/s1. The van der Waals surface area contributed by atoms with Crippen molar-refractivity contribution in [2.45, 2.75) is 33.2 Å². The summed E-state index contributed by atoms with van der Waals surface area (Å²) in [4.78, 5) is 26.9. The van der Waals surface area contributed by atoms with Crippen LogP contribution in [0.1, 0.15) is 24.5 Å². The van der Waals surface area contributed by atoms with Gasteiger partial charge in [-0.2, -0.15) is 0 Å². The zero-order valence-corrected chi connectivity index (χ0v) is 15.9. The predicted octanol–water partition coefficient (Wildman–Crippen LogP) is 3.63. The molecule has 2 aromatic carbocycles. The van der Waals surface area contributed by atoms with E-state index in [1.807, 2.05) is 45.0 Å². The van der Waals surface area contributed by atoms with Crippen LogP contribution >= 0.6 is 0 Å². The summed E-state index contributed by atoms with van der Waals surface area (Å²) < 4.78 is 5.51. The molecule has 0 aromatic heterocycles. The average Bonchev–Trinajstić information content (AvgIpc) is 2.96. The molecule has 1 heterocycles.